The molecule has 0 aliphatic carbocycles. The van der Waals surface area contributed by atoms with Gasteiger partial charge < -0.3 is 0 Å². The molecule has 74 valence electrons. The van der Waals surface area contributed by atoms with Gasteiger partial charge in [-0.2, -0.15) is 0 Å². The maximum absolute atomic E-state index is 10.3. The number of rotatable bonds is 2. The highest BCUT2D eigenvalue weighted by molar-refractivity contribution is 5.76. The molecule has 1 aromatic carbocycles. The summed E-state index contributed by atoms with van der Waals surface area (Å²) in [7, 11) is 0. The Morgan fingerprint density at radius 2 is 1.50 bits per heavy atom. The van der Waals surface area contributed by atoms with Crippen LogP contribution in [0.5, 0.6) is 0 Å². The fraction of sp³-hybridized carbons (Fsp3) is 0.308. The molecule has 0 aromatic heterocycles. The Balaban J connectivity index is 3.38. The van der Waals surface area contributed by atoms with E-state index in [0.29, 0.717) is 0 Å². The molecule has 14 heavy (non-hydrogen) atoms. The SMILES string of the molecule is Cc1cc(C)c(C)c(C=CC=O)c1C. The van der Waals surface area contributed by atoms with E-state index in [1.165, 1.54) is 27.8 Å². The Hall–Kier alpha value is -1.37. The summed E-state index contributed by atoms with van der Waals surface area (Å²) >= 11 is 0. The van der Waals surface area contributed by atoms with Crippen LogP contribution in [0.3, 0.4) is 0 Å². The van der Waals surface area contributed by atoms with E-state index in [0.717, 1.165) is 6.29 Å². The smallest absolute Gasteiger partial charge is 0.142 e. The summed E-state index contributed by atoms with van der Waals surface area (Å²) in [5.41, 5.74) is 6.24. The minimum Gasteiger partial charge on any atom is -0.299 e. The van der Waals surface area contributed by atoms with Crippen LogP contribution in [0.1, 0.15) is 27.8 Å². The summed E-state index contributed by atoms with van der Waals surface area (Å²) in [5.74, 6) is 0. The van der Waals surface area contributed by atoms with Crippen molar-refractivity contribution in [3.8, 4) is 0 Å². The van der Waals surface area contributed by atoms with Gasteiger partial charge in [0.1, 0.15) is 6.29 Å². The summed E-state index contributed by atoms with van der Waals surface area (Å²) in [6, 6.07) is 2.18. The normalized spacial score (nSPS) is 10.9. The zero-order chi connectivity index (χ0) is 10.7. The minimum absolute atomic E-state index is 0.816. The highest BCUT2D eigenvalue weighted by Gasteiger charge is 2.04. The Morgan fingerprint density at radius 1 is 1.00 bits per heavy atom. The van der Waals surface area contributed by atoms with Crippen LogP contribution in [0, 0.1) is 27.7 Å². The second-order valence-corrected chi connectivity index (χ2v) is 3.67. The van der Waals surface area contributed by atoms with E-state index in [1.807, 2.05) is 6.08 Å². The first-order valence-electron chi connectivity index (χ1n) is 4.77. The lowest BCUT2D eigenvalue weighted by atomic mass is 9.94. The summed E-state index contributed by atoms with van der Waals surface area (Å²) in [6.45, 7) is 8.37. The molecule has 1 aromatic rings. The molecule has 1 rings (SSSR count). The molecule has 0 fully saturated rings. The fourth-order valence-electron chi connectivity index (χ4n) is 1.63. The summed E-state index contributed by atoms with van der Waals surface area (Å²) in [6.07, 6.45) is 4.25. The van der Waals surface area contributed by atoms with Gasteiger partial charge >= 0.3 is 0 Å². The lowest BCUT2D eigenvalue weighted by Crippen LogP contribution is -1.94. The van der Waals surface area contributed by atoms with Gasteiger partial charge in [-0.25, -0.2) is 0 Å². The maximum atomic E-state index is 10.3. The standard InChI is InChI=1S/C13H16O/c1-9-8-10(2)12(4)13(11(9)3)6-5-7-14/h5-8H,1-4H3. The predicted octanol–water partition coefficient (Wildman–Crippen LogP) is 3.13. The van der Waals surface area contributed by atoms with Gasteiger partial charge in [0.25, 0.3) is 0 Å². The molecular weight excluding hydrogens is 172 g/mol. The average Bonchev–Trinajstić information content (AvgIpc) is 2.15. The van der Waals surface area contributed by atoms with Gasteiger partial charge in [0.15, 0.2) is 0 Å². The van der Waals surface area contributed by atoms with Crippen molar-refractivity contribution in [2.24, 2.45) is 0 Å². The molecule has 0 aliphatic heterocycles. The number of carbonyl (C=O) groups is 1. The van der Waals surface area contributed by atoms with Crippen LogP contribution in [0.15, 0.2) is 12.1 Å². The molecule has 0 spiro atoms. The first-order valence-corrected chi connectivity index (χ1v) is 4.77. The van der Waals surface area contributed by atoms with Gasteiger partial charge in [-0.3, -0.25) is 4.79 Å². The van der Waals surface area contributed by atoms with E-state index in [9.17, 15) is 4.79 Å². The van der Waals surface area contributed by atoms with Crippen molar-refractivity contribution in [1.29, 1.82) is 0 Å². The van der Waals surface area contributed by atoms with Crippen molar-refractivity contribution in [3.05, 3.63) is 40.0 Å². The Morgan fingerprint density at radius 3 is 1.93 bits per heavy atom. The van der Waals surface area contributed by atoms with Crippen molar-refractivity contribution in [1.82, 2.24) is 0 Å². The van der Waals surface area contributed by atoms with Gasteiger partial charge in [-0.05, 0) is 61.6 Å². The van der Waals surface area contributed by atoms with Crippen LogP contribution in [0.25, 0.3) is 6.08 Å². The molecule has 0 saturated heterocycles. The maximum Gasteiger partial charge on any atom is 0.142 e. The quantitative estimate of drug-likeness (QED) is 0.514. The molecule has 0 amide bonds. The number of allylic oxidation sites excluding steroid dienone is 1. The number of aryl methyl sites for hydroxylation is 2. The molecule has 0 saturated carbocycles. The lowest BCUT2D eigenvalue weighted by Gasteiger charge is -2.11. The number of carbonyl (C=O) groups excluding carboxylic acids is 1. The average molecular weight is 188 g/mol. The highest BCUT2D eigenvalue weighted by atomic mass is 16.1. The highest BCUT2D eigenvalue weighted by Crippen LogP contribution is 2.22. The minimum atomic E-state index is 0.816. The van der Waals surface area contributed by atoms with Gasteiger partial charge in [0.05, 0.1) is 0 Å². The lowest BCUT2D eigenvalue weighted by molar-refractivity contribution is -0.104. The molecule has 0 unspecified atom stereocenters. The number of benzene rings is 1. The number of aldehydes is 1. The second-order valence-electron chi connectivity index (χ2n) is 3.67. The molecule has 0 heterocycles. The van der Waals surface area contributed by atoms with Crippen molar-refractivity contribution in [2.75, 3.05) is 0 Å². The van der Waals surface area contributed by atoms with Crippen molar-refractivity contribution in [2.45, 2.75) is 27.7 Å². The molecule has 0 radical (unpaired) electrons. The monoisotopic (exact) mass is 188 g/mol. The first kappa shape index (κ1) is 10.7. The number of hydrogen-bond acceptors (Lipinski definition) is 1. The van der Waals surface area contributed by atoms with E-state index in [2.05, 4.69) is 33.8 Å². The third kappa shape index (κ3) is 1.92. The topological polar surface area (TPSA) is 17.1 Å². The zero-order valence-electron chi connectivity index (χ0n) is 9.22. The van der Waals surface area contributed by atoms with Crippen LogP contribution in [0.4, 0.5) is 0 Å². The van der Waals surface area contributed by atoms with Crippen LogP contribution in [-0.4, -0.2) is 6.29 Å². The summed E-state index contributed by atoms with van der Waals surface area (Å²) in [5, 5.41) is 0. The largest absolute Gasteiger partial charge is 0.299 e. The molecule has 1 heteroatoms. The third-order valence-electron chi connectivity index (χ3n) is 2.77. The van der Waals surface area contributed by atoms with E-state index >= 15 is 0 Å². The second kappa shape index (κ2) is 4.23. The first-order chi connectivity index (χ1) is 6.57. The van der Waals surface area contributed by atoms with E-state index in [-0.39, 0.29) is 0 Å². The molecule has 1 nitrogen and oxygen atoms in total. The van der Waals surface area contributed by atoms with Gasteiger partial charge in [-0.15, -0.1) is 0 Å². The van der Waals surface area contributed by atoms with Crippen LogP contribution >= 0.6 is 0 Å². The third-order valence-corrected chi connectivity index (χ3v) is 2.77. The number of hydrogen-bond donors (Lipinski definition) is 0. The molecule has 0 aliphatic rings. The van der Waals surface area contributed by atoms with E-state index in [4.69, 9.17) is 0 Å². The van der Waals surface area contributed by atoms with Crippen molar-refractivity contribution in [3.63, 3.8) is 0 Å². The Kier molecular flexibility index (Phi) is 3.23. The Bertz CT molecular complexity index is 360. The predicted molar refractivity (Wildman–Crippen MR) is 60.5 cm³/mol. The van der Waals surface area contributed by atoms with Crippen LogP contribution in [0.2, 0.25) is 0 Å². The Labute approximate surface area is 85.5 Å². The van der Waals surface area contributed by atoms with Gasteiger partial charge in [0, 0.05) is 0 Å². The van der Waals surface area contributed by atoms with Gasteiger partial charge in [0.2, 0.25) is 0 Å². The summed E-state index contributed by atoms with van der Waals surface area (Å²) < 4.78 is 0. The molecule has 0 atom stereocenters. The van der Waals surface area contributed by atoms with Crippen LogP contribution in [-0.2, 0) is 4.79 Å². The summed E-state index contributed by atoms with van der Waals surface area (Å²) in [4.78, 5) is 10.3. The van der Waals surface area contributed by atoms with Crippen LogP contribution < -0.4 is 0 Å². The molecule has 0 bridgehead atoms. The van der Waals surface area contributed by atoms with Crippen molar-refractivity contribution >= 4 is 12.4 Å². The molecular formula is C13H16O. The van der Waals surface area contributed by atoms with E-state index < -0.39 is 0 Å². The molecule has 0 N–H and O–H groups in total. The van der Waals surface area contributed by atoms with E-state index in [1.54, 1.807) is 6.08 Å². The van der Waals surface area contributed by atoms with Gasteiger partial charge in [-0.1, -0.05) is 12.1 Å². The van der Waals surface area contributed by atoms with Crippen molar-refractivity contribution < 1.29 is 4.79 Å². The zero-order valence-corrected chi connectivity index (χ0v) is 9.22. The fourth-order valence-corrected chi connectivity index (χ4v) is 1.63.